The number of hydrogen-bond acceptors (Lipinski definition) is 4. The largest absolute Gasteiger partial charge is 0.389 e. The van der Waals surface area contributed by atoms with Crippen LogP contribution < -0.4 is 5.73 Å². The molecular formula is C13H14N2O2S3. The molecule has 106 valence electrons. The van der Waals surface area contributed by atoms with E-state index in [1.54, 1.807) is 30.6 Å². The molecule has 0 fully saturated rings. The van der Waals surface area contributed by atoms with Gasteiger partial charge in [0.15, 0.2) is 0 Å². The van der Waals surface area contributed by atoms with Gasteiger partial charge in [0.1, 0.15) is 9.20 Å². The predicted octanol–water partition coefficient (Wildman–Crippen LogP) is 2.20. The maximum atomic E-state index is 12.3. The number of nitrogens with zero attached hydrogens (tertiary/aromatic N) is 1. The highest BCUT2D eigenvalue weighted by atomic mass is 32.2. The van der Waals surface area contributed by atoms with Crippen LogP contribution in [0.4, 0.5) is 0 Å². The van der Waals surface area contributed by atoms with Gasteiger partial charge in [0.05, 0.1) is 0 Å². The molecule has 0 amide bonds. The first-order chi connectivity index (χ1) is 9.41. The first-order valence-corrected chi connectivity index (χ1v) is 8.52. The molecule has 2 rings (SSSR count). The maximum absolute atomic E-state index is 12.3. The average Bonchev–Trinajstić information content (AvgIpc) is 2.93. The number of thiophene rings is 1. The molecule has 7 heteroatoms. The summed E-state index contributed by atoms with van der Waals surface area (Å²) in [6.07, 6.45) is 0. The minimum absolute atomic E-state index is 0.274. The standard InChI is InChI=1S/C13H14N2O2S3/c1-15(20(16,17)12-6-3-7-19-12)9-10-4-2-5-11(8-10)13(14)18/h2-8H,9H2,1H3,(H2,14,18). The minimum atomic E-state index is -3.44. The number of nitrogens with two attached hydrogens (primary N) is 1. The van der Waals surface area contributed by atoms with Gasteiger partial charge in [-0.3, -0.25) is 0 Å². The summed E-state index contributed by atoms with van der Waals surface area (Å²) in [5, 5.41) is 1.74. The molecule has 0 saturated heterocycles. The van der Waals surface area contributed by atoms with Crippen molar-refractivity contribution >= 4 is 38.6 Å². The lowest BCUT2D eigenvalue weighted by molar-refractivity contribution is 0.468. The molecule has 0 spiro atoms. The second-order valence-electron chi connectivity index (χ2n) is 4.26. The molecule has 1 aromatic heterocycles. The Morgan fingerprint density at radius 1 is 1.35 bits per heavy atom. The lowest BCUT2D eigenvalue weighted by atomic mass is 10.1. The highest BCUT2D eigenvalue weighted by Gasteiger charge is 2.21. The van der Waals surface area contributed by atoms with Gasteiger partial charge in [-0.15, -0.1) is 11.3 Å². The van der Waals surface area contributed by atoms with Crippen molar-refractivity contribution in [2.75, 3.05) is 7.05 Å². The monoisotopic (exact) mass is 326 g/mol. The summed E-state index contributed by atoms with van der Waals surface area (Å²) in [4.78, 5) is 0.301. The Hall–Kier alpha value is -1.28. The van der Waals surface area contributed by atoms with Crippen LogP contribution >= 0.6 is 23.6 Å². The number of benzene rings is 1. The lowest BCUT2D eigenvalue weighted by Gasteiger charge is -2.16. The fourth-order valence-corrected chi connectivity index (χ4v) is 4.22. The average molecular weight is 326 g/mol. The van der Waals surface area contributed by atoms with Crippen molar-refractivity contribution in [1.82, 2.24) is 4.31 Å². The topological polar surface area (TPSA) is 63.4 Å². The highest BCUT2D eigenvalue weighted by molar-refractivity contribution is 7.91. The number of hydrogen-bond donors (Lipinski definition) is 1. The smallest absolute Gasteiger partial charge is 0.252 e. The van der Waals surface area contributed by atoms with Crippen LogP contribution in [0.15, 0.2) is 46.0 Å². The molecule has 1 aromatic carbocycles. The van der Waals surface area contributed by atoms with Crippen molar-refractivity contribution in [2.45, 2.75) is 10.8 Å². The molecule has 0 aliphatic rings. The second-order valence-corrected chi connectivity index (χ2v) is 7.92. The summed E-state index contributed by atoms with van der Waals surface area (Å²) in [6.45, 7) is 0.274. The third kappa shape index (κ3) is 3.24. The van der Waals surface area contributed by atoms with E-state index >= 15 is 0 Å². The van der Waals surface area contributed by atoms with E-state index < -0.39 is 10.0 Å². The van der Waals surface area contributed by atoms with E-state index in [-0.39, 0.29) is 6.54 Å². The number of rotatable bonds is 5. The van der Waals surface area contributed by atoms with Gasteiger partial charge < -0.3 is 5.73 Å². The van der Waals surface area contributed by atoms with Crippen molar-refractivity contribution in [3.8, 4) is 0 Å². The molecule has 0 radical (unpaired) electrons. The summed E-state index contributed by atoms with van der Waals surface area (Å²) >= 11 is 6.13. The first kappa shape index (κ1) is 15.1. The molecule has 0 unspecified atom stereocenters. The molecule has 0 saturated carbocycles. The molecule has 1 heterocycles. The van der Waals surface area contributed by atoms with Crippen molar-refractivity contribution in [2.24, 2.45) is 5.73 Å². The minimum Gasteiger partial charge on any atom is -0.389 e. The van der Waals surface area contributed by atoms with Crippen LogP contribution in [0.3, 0.4) is 0 Å². The van der Waals surface area contributed by atoms with Gasteiger partial charge in [-0.25, -0.2) is 8.42 Å². The molecule has 0 atom stereocenters. The zero-order valence-corrected chi connectivity index (χ0v) is 13.3. The van der Waals surface area contributed by atoms with Crippen LogP contribution in [0.1, 0.15) is 11.1 Å². The van der Waals surface area contributed by atoms with Gasteiger partial charge >= 0.3 is 0 Å². The molecule has 2 aromatic rings. The molecular weight excluding hydrogens is 312 g/mol. The van der Waals surface area contributed by atoms with Crippen LogP contribution in [0.5, 0.6) is 0 Å². The van der Waals surface area contributed by atoms with Gasteiger partial charge in [-0.2, -0.15) is 4.31 Å². The van der Waals surface area contributed by atoms with Crippen LogP contribution in [0.2, 0.25) is 0 Å². The quantitative estimate of drug-likeness (QED) is 0.856. The van der Waals surface area contributed by atoms with E-state index in [2.05, 4.69) is 0 Å². The van der Waals surface area contributed by atoms with Crippen LogP contribution in [-0.2, 0) is 16.6 Å². The normalized spacial score (nSPS) is 11.7. The van der Waals surface area contributed by atoms with Crippen molar-refractivity contribution in [3.05, 3.63) is 52.9 Å². The molecule has 2 N–H and O–H groups in total. The second kappa shape index (κ2) is 6.01. The Morgan fingerprint density at radius 2 is 2.10 bits per heavy atom. The van der Waals surface area contributed by atoms with E-state index in [1.165, 1.54) is 15.6 Å². The molecule has 4 nitrogen and oxygen atoms in total. The summed E-state index contributed by atoms with van der Waals surface area (Å²) in [5.74, 6) is 0. The summed E-state index contributed by atoms with van der Waals surface area (Å²) < 4.78 is 26.3. The number of sulfonamides is 1. The van der Waals surface area contributed by atoms with E-state index in [0.717, 1.165) is 11.1 Å². The zero-order valence-electron chi connectivity index (χ0n) is 10.8. The van der Waals surface area contributed by atoms with Crippen molar-refractivity contribution < 1.29 is 8.42 Å². The summed E-state index contributed by atoms with van der Waals surface area (Å²) in [7, 11) is -1.88. The highest BCUT2D eigenvalue weighted by Crippen LogP contribution is 2.21. The Balaban J connectivity index is 2.22. The fraction of sp³-hybridized carbons (Fsp3) is 0.154. The fourth-order valence-electron chi connectivity index (χ4n) is 1.73. The summed E-state index contributed by atoms with van der Waals surface area (Å²) in [6, 6.07) is 10.6. The first-order valence-electron chi connectivity index (χ1n) is 5.80. The van der Waals surface area contributed by atoms with E-state index in [9.17, 15) is 8.42 Å². The maximum Gasteiger partial charge on any atom is 0.252 e. The van der Waals surface area contributed by atoms with E-state index in [0.29, 0.717) is 9.20 Å². The lowest BCUT2D eigenvalue weighted by Crippen LogP contribution is -2.26. The molecule has 0 aliphatic carbocycles. The predicted molar refractivity (Wildman–Crippen MR) is 85.3 cm³/mol. The van der Waals surface area contributed by atoms with Gasteiger partial charge in [-0.1, -0.05) is 36.5 Å². The number of thiocarbonyl (C=S) groups is 1. The molecule has 0 bridgehead atoms. The third-order valence-corrected chi connectivity index (χ3v) is 6.19. The van der Waals surface area contributed by atoms with Crippen LogP contribution in [-0.4, -0.2) is 24.8 Å². The summed E-state index contributed by atoms with van der Waals surface area (Å²) in [5.41, 5.74) is 7.16. The van der Waals surface area contributed by atoms with E-state index in [4.69, 9.17) is 18.0 Å². The zero-order chi connectivity index (χ0) is 14.8. The van der Waals surface area contributed by atoms with Crippen LogP contribution in [0.25, 0.3) is 0 Å². The Bertz CT molecular complexity index is 709. The van der Waals surface area contributed by atoms with Gasteiger partial charge in [0, 0.05) is 19.2 Å². The molecule has 0 aliphatic heterocycles. The van der Waals surface area contributed by atoms with Gasteiger partial charge in [0.2, 0.25) is 0 Å². The van der Waals surface area contributed by atoms with Crippen LogP contribution in [0, 0.1) is 0 Å². The van der Waals surface area contributed by atoms with E-state index in [1.807, 2.05) is 18.2 Å². The Morgan fingerprint density at radius 3 is 2.70 bits per heavy atom. The van der Waals surface area contributed by atoms with Crippen molar-refractivity contribution in [3.63, 3.8) is 0 Å². The van der Waals surface area contributed by atoms with Crippen molar-refractivity contribution in [1.29, 1.82) is 0 Å². The Labute approximate surface area is 127 Å². The Kier molecular flexibility index (Phi) is 4.54. The van der Waals surface area contributed by atoms with Gasteiger partial charge in [-0.05, 0) is 23.1 Å². The molecule has 20 heavy (non-hydrogen) atoms. The third-order valence-electron chi connectivity index (χ3n) is 2.78. The van der Waals surface area contributed by atoms with Gasteiger partial charge in [0.25, 0.3) is 10.0 Å². The SMILES string of the molecule is CN(Cc1cccc(C(N)=S)c1)S(=O)(=O)c1cccs1.